The van der Waals surface area contributed by atoms with E-state index in [2.05, 4.69) is 5.32 Å². The van der Waals surface area contributed by atoms with Gasteiger partial charge >= 0.3 is 0 Å². The fraction of sp³-hybridized carbons (Fsp3) is 0.731. The normalized spacial score (nSPS) is 43.2. The zero-order chi connectivity index (χ0) is 21.4. The van der Waals surface area contributed by atoms with Crippen molar-refractivity contribution in [2.24, 2.45) is 29.1 Å². The molecule has 0 saturated heterocycles. The summed E-state index contributed by atoms with van der Waals surface area (Å²) in [6, 6.07) is 7.99. The molecule has 0 heterocycles. The highest BCUT2D eigenvalue weighted by Gasteiger charge is 2.55. The van der Waals surface area contributed by atoms with Crippen LogP contribution in [-0.4, -0.2) is 26.6 Å². The molecule has 7 fully saturated rings. The highest BCUT2D eigenvalue weighted by molar-refractivity contribution is 7.90. The summed E-state index contributed by atoms with van der Waals surface area (Å²) in [5.74, 6) is 3.69. The van der Waals surface area contributed by atoms with E-state index in [-0.39, 0.29) is 10.8 Å². The van der Waals surface area contributed by atoms with Crippen LogP contribution in [0.4, 0.5) is 0 Å². The SMILES string of the molecule is CS(=O)(=O)c1ccc(C23CCC(C(=O)NC4C5CC6CC(C5)CC4C6)(CC2)CC3)cc1. The van der Waals surface area contributed by atoms with E-state index in [1.807, 2.05) is 12.1 Å². The lowest BCUT2D eigenvalue weighted by molar-refractivity contribution is -0.141. The van der Waals surface area contributed by atoms with E-state index in [9.17, 15) is 13.2 Å². The molecule has 1 amide bonds. The summed E-state index contributed by atoms with van der Waals surface area (Å²) in [5.41, 5.74) is 1.22. The first-order valence-corrected chi connectivity index (χ1v) is 14.3. The number of amides is 1. The monoisotopic (exact) mass is 441 g/mol. The first kappa shape index (κ1) is 20.3. The van der Waals surface area contributed by atoms with Crippen molar-refractivity contribution in [2.45, 2.75) is 87.0 Å². The summed E-state index contributed by atoms with van der Waals surface area (Å²) in [7, 11) is -3.16. The van der Waals surface area contributed by atoms with Gasteiger partial charge in [-0.25, -0.2) is 8.42 Å². The van der Waals surface area contributed by atoms with Crippen molar-refractivity contribution in [3.63, 3.8) is 0 Å². The van der Waals surface area contributed by atoms with Crippen molar-refractivity contribution in [1.82, 2.24) is 5.32 Å². The Bertz CT molecular complexity index is 943. The topological polar surface area (TPSA) is 63.2 Å². The van der Waals surface area contributed by atoms with Gasteiger partial charge in [-0.2, -0.15) is 0 Å². The second kappa shape index (κ2) is 6.82. The Kier molecular flexibility index (Phi) is 4.46. The van der Waals surface area contributed by atoms with E-state index in [1.54, 1.807) is 12.1 Å². The molecule has 4 nitrogen and oxygen atoms in total. The van der Waals surface area contributed by atoms with Crippen LogP contribution in [0.1, 0.15) is 76.2 Å². The van der Waals surface area contributed by atoms with E-state index in [0.717, 1.165) is 62.2 Å². The molecule has 0 radical (unpaired) electrons. The smallest absolute Gasteiger partial charge is 0.226 e. The lowest BCUT2D eigenvalue weighted by atomic mass is 9.51. The summed E-state index contributed by atoms with van der Waals surface area (Å²) in [6.07, 6.45) is 14.1. The molecule has 0 spiro atoms. The molecular weight excluding hydrogens is 406 g/mol. The maximum absolute atomic E-state index is 13.6. The molecule has 0 aromatic heterocycles. The van der Waals surface area contributed by atoms with Crippen molar-refractivity contribution in [2.75, 3.05) is 6.26 Å². The van der Waals surface area contributed by atoms with Crippen molar-refractivity contribution in [3.8, 4) is 0 Å². The first-order chi connectivity index (χ1) is 14.8. The molecule has 1 N–H and O–H groups in total. The molecule has 168 valence electrons. The average Bonchev–Trinajstić information content (AvgIpc) is 2.76. The number of nitrogens with one attached hydrogen (secondary N) is 1. The third kappa shape index (κ3) is 3.20. The van der Waals surface area contributed by atoms with Crippen LogP contribution < -0.4 is 5.32 Å². The van der Waals surface area contributed by atoms with Crippen molar-refractivity contribution in [3.05, 3.63) is 29.8 Å². The fourth-order valence-electron chi connectivity index (χ4n) is 8.48. The Morgan fingerprint density at radius 2 is 1.35 bits per heavy atom. The van der Waals surface area contributed by atoms with E-state index in [4.69, 9.17) is 0 Å². The number of rotatable bonds is 4. The number of hydrogen-bond donors (Lipinski definition) is 1. The Labute approximate surface area is 186 Å². The Morgan fingerprint density at radius 1 is 0.839 bits per heavy atom. The number of carbonyl (C=O) groups excluding carboxylic acids is 1. The minimum Gasteiger partial charge on any atom is -0.352 e. The quantitative estimate of drug-likeness (QED) is 0.741. The summed E-state index contributed by atoms with van der Waals surface area (Å²) in [5, 5.41) is 3.62. The standard InChI is InChI=1S/C26H35NO3S/c1-31(29,30)22-4-2-21(3-5-22)25-6-9-26(10-7-25,11-8-25)24(28)27-23-19-13-17-12-18(15-19)16-20(23)14-17/h2-5,17-20,23H,6-16H2,1H3,(H,27,28). The summed E-state index contributed by atoms with van der Waals surface area (Å²) >= 11 is 0. The van der Waals surface area contributed by atoms with E-state index < -0.39 is 9.84 Å². The van der Waals surface area contributed by atoms with Gasteiger partial charge < -0.3 is 5.32 Å². The van der Waals surface area contributed by atoms with Crippen LogP contribution >= 0.6 is 0 Å². The molecule has 6 bridgehead atoms. The van der Waals surface area contributed by atoms with E-state index >= 15 is 0 Å². The minimum absolute atomic E-state index is 0.126. The number of hydrogen-bond acceptors (Lipinski definition) is 3. The molecule has 0 unspecified atom stereocenters. The largest absolute Gasteiger partial charge is 0.352 e. The van der Waals surface area contributed by atoms with Gasteiger partial charge in [0.2, 0.25) is 5.91 Å². The van der Waals surface area contributed by atoms with Gasteiger partial charge in [-0.1, -0.05) is 12.1 Å². The molecule has 8 rings (SSSR count). The highest BCUT2D eigenvalue weighted by Crippen LogP contribution is 2.59. The number of carbonyl (C=O) groups is 1. The predicted molar refractivity (Wildman–Crippen MR) is 120 cm³/mol. The molecule has 7 aliphatic carbocycles. The molecular formula is C26H35NO3S. The third-order valence-electron chi connectivity index (χ3n) is 10.1. The fourth-order valence-corrected chi connectivity index (χ4v) is 9.11. The van der Waals surface area contributed by atoms with Gasteiger partial charge in [-0.15, -0.1) is 0 Å². The Hall–Kier alpha value is -1.36. The predicted octanol–water partition coefficient (Wildman–Crippen LogP) is 4.62. The van der Waals surface area contributed by atoms with Gasteiger partial charge in [0.25, 0.3) is 0 Å². The molecule has 1 aromatic rings. The molecule has 5 heteroatoms. The lowest BCUT2D eigenvalue weighted by Crippen LogP contribution is -2.60. The maximum atomic E-state index is 13.6. The second-order valence-electron chi connectivity index (χ2n) is 11.8. The summed E-state index contributed by atoms with van der Waals surface area (Å²) < 4.78 is 23.6. The summed E-state index contributed by atoms with van der Waals surface area (Å²) in [4.78, 5) is 14.0. The lowest BCUT2D eigenvalue weighted by Gasteiger charge is -2.56. The Morgan fingerprint density at radius 3 is 1.84 bits per heavy atom. The van der Waals surface area contributed by atoms with Gasteiger partial charge in [0.05, 0.1) is 4.90 Å². The van der Waals surface area contributed by atoms with Crippen LogP contribution in [0.5, 0.6) is 0 Å². The van der Waals surface area contributed by atoms with Crippen LogP contribution in [0.2, 0.25) is 0 Å². The zero-order valence-corrected chi connectivity index (χ0v) is 19.4. The highest BCUT2D eigenvalue weighted by atomic mass is 32.2. The van der Waals surface area contributed by atoms with Crippen molar-refractivity contribution < 1.29 is 13.2 Å². The van der Waals surface area contributed by atoms with Crippen LogP contribution in [0, 0.1) is 29.1 Å². The first-order valence-electron chi connectivity index (χ1n) is 12.4. The number of fused-ring (bicyclic) bond motifs is 3. The molecule has 7 saturated carbocycles. The van der Waals surface area contributed by atoms with Crippen LogP contribution in [0.15, 0.2) is 29.2 Å². The minimum atomic E-state index is -3.16. The van der Waals surface area contributed by atoms with Gasteiger partial charge in [-0.3, -0.25) is 4.79 Å². The summed E-state index contributed by atoms with van der Waals surface area (Å²) in [6.45, 7) is 0. The molecule has 1 aromatic carbocycles. The number of sulfone groups is 1. The molecule has 0 atom stereocenters. The van der Waals surface area contributed by atoms with Gasteiger partial charge in [-0.05, 0) is 117 Å². The van der Waals surface area contributed by atoms with Crippen molar-refractivity contribution in [1.29, 1.82) is 0 Å². The van der Waals surface area contributed by atoms with Crippen LogP contribution in [0.3, 0.4) is 0 Å². The van der Waals surface area contributed by atoms with Crippen LogP contribution in [0.25, 0.3) is 0 Å². The van der Waals surface area contributed by atoms with E-state index in [0.29, 0.717) is 16.8 Å². The van der Waals surface area contributed by atoms with Gasteiger partial charge in [0.15, 0.2) is 9.84 Å². The third-order valence-corrected chi connectivity index (χ3v) is 11.3. The molecule has 7 aliphatic rings. The van der Waals surface area contributed by atoms with Gasteiger partial charge in [0, 0.05) is 17.7 Å². The number of benzene rings is 1. The molecule has 31 heavy (non-hydrogen) atoms. The van der Waals surface area contributed by atoms with Crippen LogP contribution in [-0.2, 0) is 20.0 Å². The average molecular weight is 442 g/mol. The van der Waals surface area contributed by atoms with Crippen molar-refractivity contribution >= 4 is 15.7 Å². The second-order valence-corrected chi connectivity index (χ2v) is 13.8. The maximum Gasteiger partial charge on any atom is 0.226 e. The van der Waals surface area contributed by atoms with E-state index in [1.165, 1.54) is 43.9 Å². The molecule has 0 aliphatic heterocycles. The zero-order valence-electron chi connectivity index (χ0n) is 18.6. The Balaban J connectivity index is 1.15. The van der Waals surface area contributed by atoms with Gasteiger partial charge in [0.1, 0.15) is 0 Å².